The van der Waals surface area contributed by atoms with E-state index in [9.17, 15) is 19.8 Å². The lowest BCUT2D eigenvalue weighted by Gasteiger charge is -2.61. The lowest BCUT2D eigenvalue weighted by Crippen LogP contribution is -2.74. The largest absolute Gasteiger partial charge is 0.481 e. The van der Waals surface area contributed by atoms with Crippen LogP contribution in [0.15, 0.2) is 24.0 Å². The highest BCUT2D eigenvalue weighted by Gasteiger charge is 2.71. The second-order valence-electron chi connectivity index (χ2n) is 10.1. The Morgan fingerprint density at radius 3 is 2.73 bits per heavy atom. The van der Waals surface area contributed by atoms with Crippen molar-refractivity contribution in [2.45, 2.75) is 75.9 Å². The minimum atomic E-state index is -1.09. The fourth-order valence-electron chi connectivity index (χ4n) is 6.19. The summed E-state index contributed by atoms with van der Waals surface area (Å²) in [6, 6.07) is 3.78. The zero-order valence-corrected chi connectivity index (χ0v) is 19.5. The van der Waals surface area contributed by atoms with Gasteiger partial charge in [0.25, 0.3) is 0 Å². The molecule has 2 heterocycles. The molecule has 2 aliphatic carbocycles. The van der Waals surface area contributed by atoms with E-state index >= 15 is 0 Å². The molecule has 0 aromatic heterocycles. The van der Waals surface area contributed by atoms with Crippen molar-refractivity contribution in [1.82, 2.24) is 4.90 Å². The third-order valence-corrected chi connectivity index (χ3v) is 7.94. The summed E-state index contributed by atoms with van der Waals surface area (Å²) in [4.78, 5) is 26.9. The molecular formula is C25H31NO7. The molecule has 0 saturated carbocycles. The maximum atomic E-state index is 12.8. The standard InChI is InChI=1S/C25H31NO7/c1-13(2)22(28)31-14(3)23(29)32-17-7-8-25(30)18-11-15-5-6-16(12-27)20-19(15)24(25,21(17)33-20)9-10-26(18)4/h5-7,13-14,18,21,27,30H,8-12H2,1-4H3/t14-,18+,21-,24-,25+/m0/s1. The van der Waals surface area contributed by atoms with E-state index in [1.807, 2.05) is 19.2 Å². The number of hydrogen-bond acceptors (Lipinski definition) is 8. The van der Waals surface area contributed by atoms with Gasteiger partial charge in [-0.3, -0.25) is 4.79 Å². The van der Waals surface area contributed by atoms with Crippen LogP contribution in [0.4, 0.5) is 0 Å². The third kappa shape index (κ3) is 2.93. The van der Waals surface area contributed by atoms with Crippen LogP contribution < -0.4 is 4.74 Å². The summed E-state index contributed by atoms with van der Waals surface area (Å²) in [7, 11) is 2.03. The molecule has 1 fully saturated rings. The number of carbonyl (C=O) groups is 2. The first-order valence-corrected chi connectivity index (χ1v) is 11.6. The fraction of sp³-hybridized carbons (Fsp3) is 0.600. The summed E-state index contributed by atoms with van der Waals surface area (Å²) >= 11 is 0. The van der Waals surface area contributed by atoms with Crippen molar-refractivity contribution in [3.05, 3.63) is 40.7 Å². The first kappa shape index (κ1) is 22.4. The summed E-state index contributed by atoms with van der Waals surface area (Å²) in [5, 5.41) is 22.1. The molecule has 0 radical (unpaired) electrons. The number of likely N-dealkylation sites (N-methyl/N-ethyl adjacent to an activating group) is 1. The van der Waals surface area contributed by atoms with Gasteiger partial charge in [0, 0.05) is 23.6 Å². The van der Waals surface area contributed by atoms with Crippen LogP contribution in [0.2, 0.25) is 0 Å². The molecule has 178 valence electrons. The number of ether oxygens (including phenoxy) is 3. The van der Waals surface area contributed by atoms with Crippen molar-refractivity contribution in [3.8, 4) is 5.75 Å². The highest BCUT2D eigenvalue weighted by atomic mass is 16.6. The Hall–Kier alpha value is -2.42. The van der Waals surface area contributed by atoms with Crippen molar-refractivity contribution in [2.75, 3.05) is 13.6 Å². The van der Waals surface area contributed by atoms with E-state index in [0.717, 1.165) is 17.7 Å². The molecule has 8 heteroatoms. The Kier molecular flexibility index (Phi) is 5.12. The predicted octanol–water partition coefficient (Wildman–Crippen LogP) is 1.59. The summed E-state index contributed by atoms with van der Waals surface area (Å²) in [6.07, 6.45) is 1.59. The van der Waals surface area contributed by atoms with Crippen LogP contribution in [0.5, 0.6) is 5.75 Å². The lowest BCUT2D eigenvalue weighted by atomic mass is 9.50. The van der Waals surface area contributed by atoms with Gasteiger partial charge in [-0.25, -0.2) is 4.79 Å². The first-order chi connectivity index (χ1) is 15.6. The normalized spacial score (nSPS) is 32.5. The quantitative estimate of drug-likeness (QED) is 0.643. The zero-order valence-electron chi connectivity index (χ0n) is 19.5. The van der Waals surface area contributed by atoms with Crippen LogP contribution >= 0.6 is 0 Å². The van der Waals surface area contributed by atoms with Gasteiger partial charge in [0.2, 0.25) is 0 Å². The van der Waals surface area contributed by atoms with Gasteiger partial charge in [-0.1, -0.05) is 26.0 Å². The summed E-state index contributed by atoms with van der Waals surface area (Å²) < 4.78 is 17.4. The Balaban J connectivity index is 1.54. The molecule has 5 rings (SSSR count). The second-order valence-corrected chi connectivity index (χ2v) is 10.1. The van der Waals surface area contributed by atoms with E-state index in [4.69, 9.17) is 14.2 Å². The number of rotatable bonds is 5. The van der Waals surface area contributed by atoms with Crippen molar-refractivity contribution < 1.29 is 34.0 Å². The number of aliphatic hydroxyl groups is 2. The van der Waals surface area contributed by atoms with E-state index in [1.54, 1.807) is 19.9 Å². The number of benzene rings is 1. The van der Waals surface area contributed by atoms with E-state index in [2.05, 4.69) is 4.90 Å². The average Bonchev–Trinajstić information content (AvgIpc) is 3.13. The molecule has 8 nitrogen and oxygen atoms in total. The van der Waals surface area contributed by atoms with Gasteiger partial charge >= 0.3 is 11.9 Å². The number of nitrogens with zero attached hydrogens (tertiary/aromatic N) is 1. The molecule has 4 aliphatic rings. The maximum absolute atomic E-state index is 12.8. The Morgan fingerprint density at radius 2 is 2.03 bits per heavy atom. The van der Waals surface area contributed by atoms with Crippen LogP contribution in [-0.4, -0.2) is 64.5 Å². The first-order valence-electron chi connectivity index (χ1n) is 11.6. The van der Waals surface area contributed by atoms with E-state index in [-0.39, 0.29) is 18.6 Å². The van der Waals surface area contributed by atoms with Gasteiger partial charge in [-0.05, 0) is 45.0 Å². The predicted molar refractivity (Wildman–Crippen MR) is 117 cm³/mol. The van der Waals surface area contributed by atoms with Crippen molar-refractivity contribution in [3.63, 3.8) is 0 Å². The van der Waals surface area contributed by atoms with Crippen LogP contribution in [0.3, 0.4) is 0 Å². The summed E-state index contributed by atoms with van der Waals surface area (Å²) in [5.74, 6) is -0.598. The molecular weight excluding hydrogens is 426 g/mol. The highest BCUT2D eigenvalue weighted by molar-refractivity contribution is 5.80. The Bertz CT molecular complexity index is 1050. The van der Waals surface area contributed by atoms with Crippen molar-refractivity contribution in [1.29, 1.82) is 0 Å². The average molecular weight is 458 g/mol. The number of likely N-dealkylation sites (tertiary alicyclic amines) is 1. The molecule has 33 heavy (non-hydrogen) atoms. The maximum Gasteiger partial charge on any atom is 0.352 e. The minimum absolute atomic E-state index is 0.102. The molecule has 1 aromatic rings. The summed E-state index contributed by atoms with van der Waals surface area (Å²) in [5.41, 5.74) is 0.815. The van der Waals surface area contributed by atoms with Crippen LogP contribution in [0.25, 0.3) is 0 Å². The SMILES string of the molecule is CC(C)C(=O)O[C@@H](C)C(=O)OC1=CC[C@@]2(O)[C@H]3Cc4ccc(CO)c5c4[C@@]2(CCN3C)[C@H]1O5. The van der Waals surface area contributed by atoms with Crippen LogP contribution in [-0.2, 0) is 37.5 Å². The van der Waals surface area contributed by atoms with Crippen molar-refractivity contribution >= 4 is 11.9 Å². The molecule has 2 aliphatic heterocycles. The van der Waals surface area contributed by atoms with Crippen LogP contribution in [0, 0.1) is 5.92 Å². The Morgan fingerprint density at radius 1 is 1.27 bits per heavy atom. The smallest absolute Gasteiger partial charge is 0.352 e. The van der Waals surface area contributed by atoms with Gasteiger partial charge in [-0.15, -0.1) is 0 Å². The van der Waals surface area contributed by atoms with Gasteiger partial charge in [0.15, 0.2) is 12.2 Å². The van der Waals surface area contributed by atoms with E-state index in [0.29, 0.717) is 36.3 Å². The van der Waals surface area contributed by atoms with E-state index < -0.39 is 35.2 Å². The number of hydrogen-bond donors (Lipinski definition) is 2. The van der Waals surface area contributed by atoms with Gasteiger partial charge in [0.1, 0.15) is 11.5 Å². The number of piperidine rings is 1. The van der Waals surface area contributed by atoms with Gasteiger partial charge in [-0.2, -0.15) is 0 Å². The topological polar surface area (TPSA) is 106 Å². The highest BCUT2D eigenvalue weighted by Crippen LogP contribution is 2.64. The number of carbonyl (C=O) groups excluding carboxylic acids is 2. The number of esters is 2. The Labute approximate surface area is 193 Å². The number of aliphatic hydroxyl groups excluding tert-OH is 1. The summed E-state index contributed by atoms with van der Waals surface area (Å²) in [6.45, 7) is 5.46. The lowest BCUT2D eigenvalue weighted by molar-refractivity contribution is -0.176. The zero-order chi connectivity index (χ0) is 23.7. The van der Waals surface area contributed by atoms with Crippen molar-refractivity contribution in [2.24, 2.45) is 5.92 Å². The molecule has 1 aromatic carbocycles. The molecule has 5 atom stereocenters. The van der Waals surface area contributed by atoms with Crippen LogP contribution in [0.1, 0.15) is 50.3 Å². The van der Waals surface area contributed by atoms with Gasteiger partial charge < -0.3 is 29.3 Å². The molecule has 2 N–H and O–H groups in total. The minimum Gasteiger partial charge on any atom is -0.481 e. The molecule has 0 amide bonds. The molecule has 0 unspecified atom stereocenters. The fourth-order valence-corrected chi connectivity index (χ4v) is 6.19. The molecule has 2 bridgehead atoms. The third-order valence-electron chi connectivity index (χ3n) is 7.94. The second kappa shape index (κ2) is 7.55. The molecule has 1 spiro atoms. The monoisotopic (exact) mass is 457 g/mol. The van der Waals surface area contributed by atoms with E-state index in [1.165, 1.54) is 6.92 Å². The van der Waals surface area contributed by atoms with Gasteiger partial charge in [0.05, 0.1) is 23.5 Å². The molecule has 1 saturated heterocycles.